The molecule has 3 aromatic heterocycles. The molecular weight excluding hydrogens is 496 g/mol. The molecule has 0 aliphatic carbocycles. The highest BCUT2D eigenvalue weighted by Crippen LogP contribution is 2.16. The Morgan fingerprint density at radius 3 is 2.10 bits per heavy atom. The third-order valence-electron chi connectivity index (χ3n) is 6.24. The van der Waals surface area contributed by atoms with E-state index in [-0.39, 0.29) is 0 Å². The van der Waals surface area contributed by atoms with Crippen molar-refractivity contribution in [2.75, 3.05) is 0 Å². The Bertz CT molecular complexity index is 1580. The standard InChI is InChI=1S/C18H18N4O.C9H9N.C6H7N/c23-14-19-13-18-21-20-17(12-11-15-7-3-1-4-8-15)22(18)16-9-5-2-6-10-16;1-7-6-10-9-5-3-2-4-8(7)9;1-6-4-2-3-5-7-6/h1-10,14H,11-13H2,(H,19,23);2-6,10H,1H3;2-5H,1H3. The van der Waals surface area contributed by atoms with Gasteiger partial charge in [-0.05, 0) is 61.7 Å². The Morgan fingerprint density at radius 1 is 0.775 bits per heavy atom. The number of carbonyl (C=O) groups excluding carboxylic acids is 1. The maximum absolute atomic E-state index is 10.6. The first-order valence-corrected chi connectivity index (χ1v) is 13.3. The van der Waals surface area contributed by atoms with Crippen LogP contribution >= 0.6 is 0 Å². The number of aryl methyl sites for hydroxylation is 4. The van der Waals surface area contributed by atoms with Crippen LogP contribution in [0.25, 0.3) is 16.6 Å². The summed E-state index contributed by atoms with van der Waals surface area (Å²) in [6, 6.07) is 34.4. The van der Waals surface area contributed by atoms with Gasteiger partial charge in [0.2, 0.25) is 6.41 Å². The highest BCUT2D eigenvalue weighted by atomic mass is 16.1. The second-order valence-electron chi connectivity index (χ2n) is 9.18. The molecule has 0 unspecified atom stereocenters. The largest absolute Gasteiger partial charge is 0.361 e. The van der Waals surface area contributed by atoms with E-state index < -0.39 is 0 Å². The third kappa shape index (κ3) is 7.98. The van der Waals surface area contributed by atoms with Gasteiger partial charge in [-0.15, -0.1) is 10.2 Å². The van der Waals surface area contributed by atoms with E-state index in [9.17, 15) is 4.79 Å². The average Bonchev–Trinajstić information content (AvgIpc) is 3.60. The fourth-order valence-electron chi connectivity index (χ4n) is 4.20. The van der Waals surface area contributed by atoms with Gasteiger partial charge in [-0.2, -0.15) is 0 Å². The molecule has 3 aromatic carbocycles. The first-order chi connectivity index (χ1) is 19.7. The van der Waals surface area contributed by atoms with Crippen LogP contribution in [-0.4, -0.2) is 31.1 Å². The summed E-state index contributed by atoms with van der Waals surface area (Å²) in [6.07, 6.45) is 6.17. The second-order valence-corrected chi connectivity index (χ2v) is 9.18. The van der Waals surface area contributed by atoms with E-state index in [1.54, 1.807) is 6.20 Å². The third-order valence-corrected chi connectivity index (χ3v) is 6.24. The summed E-state index contributed by atoms with van der Waals surface area (Å²) >= 11 is 0. The Morgan fingerprint density at radius 2 is 1.45 bits per heavy atom. The molecule has 2 N–H and O–H groups in total. The summed E-state index contributed by atoms with van der Waals surface area (Å²) in [5.74, 6) is 1.62. The summed E-state index contributed by atoms with van der Waals surface area (Å²) in [5.41, 5.74) is 5.88. The molecule has 0 fully saturated rings. The summed E-state index contributed by atoms with van der Waals surface area (Å²) in [6.45, 7) is 4.44. The number of H-pyrrole nitrogens is 1. The quantitative estimate of drug-likeness (QED) is 0.242. The fraction of sp³-hybridized carbons (Fsp3) is 0.152. The molecule has 6 aromatic rings. The molecule has 0 radical (unpaired) electrons. The minimum Gasteiger partial charge on any atom is -0.361 e. The predicted octanol–water partition coefficient (Wildman–Crippen LogP) is 6.16. The van der Waals surface area contributed by atoms with Crippen molar-refractivity contribution >= 4 is 17.3 Å². The van der Waals surface area contributed by atoms with Crippen molar-refractivity contribution in [1.82, 2.24) is 30.0 Å². The molecule has 1 amide bonds. The molecule has 6 rings (SSSR count). The van der Waals surface area contributed by atoms with Crippen LogP contribution in [0.15, 0.2) is 116 Å². The van der Waals surface area contributed by atoms with Crippen molar-refractivity contribution in [2.24, 2.45) is 0 Å². The summed E-state index contributed by atoms with van der Waals surface area (Å²) in [7, 11) is 0. The molecule has 0 bridgehead atoms. The van der Waals surface area contributed by atoms with Gasteiger partial charge >= 0.3 is 0 Å². The van der Waals surface area contributed by atoms with E-state index in [1.807, 2.05) is 90.5 Å². The van der Waals surface area contributed by atoms with Gasteiger partial charge in [0.15, 0.2) is 5.82 Å². The van der Waals surface area contributed by atoms with Crippen LogP contribution in [0.5, 0.6) is 0 Å². The molecule has 40 heavy (non-hydrogen) atoms. The first-order valence-electron chi connectivity index (χ1n) is 13.3. The molecule has 0 saturated heterocycles. The average molecular weight is 531 g/mol. The van der Waals surface area contributed by atoms with E-state index in [0.29, 0.717) is 13.0 Å². The zero-order chi connectivity index (χ0) is 28.0. The van der Waals surface area contributed by atoms with E-state index in [4.69, 9.17) is 0 Å². The minimum atomic E-state index is 0.358. The molecule has 0 atom stereocenters. The summed E-state index contributed by atoms with van der Waals surface area (Å²) < 4.78 is 2.01. The molecule has 0 aliphatic rings. The van der Waals surface area contributed by atoms with Gasteiger partial charge in [0.1, 0.15) is 5.82 Å². The van der Waals surface area contributed by atoms with Crippen LogP contribution in [0.1, 0.15) is 28.5 Å². The van der Waals surface area contributed by atoms with E-state index in [1.165, 1.54) is 22.0 Å². The lowest BCUT2D eigenvalue weighted by molar-refractivity contribution is -0.109. The van der Waals surface area contributed by atoms with Gasteiger partial charge in [-0.25, -0.2) is 0 Å². The van der Waals surface area contributed by atoms with Crippen molar-refractivity contribution in [3.8, 4) is 5.69 Å². The maximum Gasteiger partial charge on any atom is 0.207 e. The number of rotatable bonds is 7. The minimum absolute atomic E-state index is 0.358. The van der Waals surface area contributed by atoms with Gasteiger partial charge in [0, 0.05) is 41.1 Å². The molecule has 0 spiro atoms. The van der Waals surface area contributed by atoms with Crippen LogP contribution in [0, 0.1) is 13.8 Å². The monoisotopic (exact) mass is 530 g/mol. The molecular formula is C33H34N6O. The lowest BCUT2D eigenvalue weighted by atomic mass is 10.1. The van der Waals surface area contributed by atoms with E-state index >= 15 is 0 Å². The number of para-hydroxylation sites is 2. The normalized spacial score (nSPS) is 10.2. The number of hydrogen-bond acceptors (Lipinski definition) is 4. The lowest BCUT2D eigenvalue weighted by Gasteiger charge is -2.10. The molecule has 7 nitrogen and oxygen atoms in total. The van der Waals surface area contributed by atoms with E-state index in [2.05, 4.69) is 62.7 Å². The number of pyridine rings is 1. The number of hydrogen-bond donors (Lipinski definition) is 2. The van der Waals surface area contributed by atoms with Gasteiger partial charge < -0.3 is 10.3 Å². The van der Waals surface area contributed by atoms with Crippen molar-refractivity contribution in [2.45, 2.75) is 33.2 Å². The van der Waals surface area contributed by atoms with Crippen LogP contribution in [0.3, 0.4) is 0 Å². The Kier molecular flexibility index (Phi) is 10.3. The highest BCUT2D eigenvalue weighted by molar-refractivity contribution is 5.82. The molecule has 7 heteroatoms. The van der Waals surface area contributed by atoms with Gasteiger partial charge in [0.25, 0.3) is 0 Å². The van der Waals surface area contributed by atoms with Crippen molar-refractivity contribution in [3.05, 3.63) is 144 Å². The number of nitrogens with zero attached hydrogens (tertiary/aromatic N) is 4. The van der Waals surface area contributed by atoms with Crippen LogP contribution in [0.2, 0.25) is 0 Å². The zero-order valence-corrected chi connectivity index (χ0v) is 22.9. The number of aromatic amines is 1. The predicted molar refractivity (Wildman–Crippen MR) is 160 cm³/mol. The zero-order valence-electron chi connectivity index (χ0n) is 22.9. The van der Waals surface area contributed by atoms with Crippen molar-refractivity contribution in [1.29, 1.82) is 0 Å². The second kappa shape index (κ2) is 14.8. The number of aromatic nitrogens is 5. The van der Waals surface area contributed by atoms with Crippen LogP contribution in [-0.2, 0) is 24.2 Å². The van der Waals surface area contributed by atoms with Crippen LogP contribution in [0.4, 0.5) is 0 Å². The molecule has 0 aliphatic heterocycles. The molecule has 202 valence electrons. The number of benzene rings is 3. The SMILES string of the molecule is Cc1c[nH]c2ccccc12.Cc1ccccn1.O=CNCc1nnc(CCc2ccccc2)n1-c1ccccc1. The van der Waals surface area contributed by atoms with Gasteiger partial charge in [-0.1, -0.05) is 72.8 Å². The number of carbonyl (C=O) groups is 1. The van der Waals surface area contributed by atoms with E-state index in [0.717, 1.165) is 35.9 Å². The number of fused-ring (bicyclic) bond motifs is 1. The lowest BCUT2D eigenvalue weighted by Crippen LogP contribution is -2.15. The number of nitrogens with one attached hydrogen (secondary N) is 2. The summed E-state index contributed by atoms with van der Waals surface area (Å²) in [4.78, 5) is 17.7. The van der Waals surface area contributed by atoms with Gasteiger partial charge in [0.05, 0.1) is 6.54 Å². The molecule has 3 heterocycles. The smallest absolute Gasteiger partial charge is 0.207 e. The van der Waals surface area contributed by atoms with Crippen molar-refractivity contribution < 1.29 is 4.79 Å². The first kappa shape index (κ1) is 28.0. The Balaban J connectivity index is 0.000000176. The fourth-order valence-corrected chi connectivity index (χ4v) is 4.20. The molecule has 0 saturated carbocycles. The Labute approximate surface area is 235 Å². The highest BCUT2D eigenvalue weighted by Gasteiger charge is 2.13. The van der Waals surface area contributed by atoms with Gasteiger partial charge in [-0.3, -0.25) is 14.3 Å². The number of amides is 1. The Hall–Kier alpha value is -5.04. The summed E-state index contributed by atoms with van der Waals surface area (Å²) in [5, 5.41) is 12.5. The van der Waals surface area contributed by atoms with Crippen LogP contribution < -0.4 is 5.32 Å². The topological polar surface area (TPSA) is 88.5 Å². The van der Waals surface area contributed by atoms with Crippen molar-refractivity contribution in [3.63, 3.8) is 0 Å². The maximum atomic E-state index is 10.6.